The maximum atomic E-state index is 12.9. The molecule has 0 aromatic heterocycles. The average molecular weight is 329 g/mol. The number of halogens is 1. The summed E-state index contributed by atoms with van der Waals surface area (Å²) in [4.78, 5) is 23.1. The van der Waals surface area contributed by atoms with Crippen molar-refractivity contribution in [2.45, 2.75) is 18.9 Å². The number of rotatable bonds is 5. The normalized spacial score (nSPS) is 21.2. The summed E-state index contributed by atoms with van der Waals surface area (Å²) in [5, 5.41) is 11.5. The molecule has 1 aromatic rings. The second-order valence-corrected chi connectivity index (χ2v) is 7.54. The number of carbonyl (C=O) groups is 2. The topological polar surface area (TPSA) is 101 Å². The number of carbonyl (C=O) groups excluding carboxylic acids is 1. The molecule has 0 saturated carbocycles. The highest BCUT2D eigenvalue weighted by Gasteiger charge is 2.34. The van der Waals surface area contributed by atoms with Gasteiger partial charge in [-0.2, -0.15) is 0 Å². The van der Waals surface area contributed by atoms with Crippen LogP contribution in [0.15, 0.2) is 24.3 Å². The first kappa shape index (κ1) is 16.4. The Morgan fingerprint density at radius 3 is 2.45 bits per heavy atom. The molecule has 2 rings (SSSR count). The number of hydrogen-bond donors (Lipinski definition) is 2. The Bertz CT molecular complexity index is 671. The smallest absolute Gasteiger partial charge is 0.305 e. The zero-order valence-corrected chi connectivity index (χ0v) is 12.5. The van der Waals surface area contributed by atoms with Crippen LogP contribution < -0.4 is 5.32 Å². The molecule has 0 spiro atoms. The van der Waals surface area contributed by atoms with Gasteiger partial charge >= 0.3 is 5.97 Å². The van der Waals surface area contributed by atoms with Gasteiger partial charge < -0.3 is 10.4 Å². The second-order valence-electron chi connectivity index (χ2n) is 5.31. The summed E-state index contributed by atoms with van der Waals surface area (Å²) in [6, 6.07) is 4.32. The van der Waals surface area contributed by atoms with Gasteiger partial charge in [0.05, 0.1) is 29.9 Å². The standard InChI is InChI=1S/C14H16FNO5S/c15-11-3-1-9(2-4-11)12(7-13(17)18)16-14(19)10-5-6-22(20,21)8-10/h1-4,10,12H,5-8H2,(H,16,19)(H,17,18)/t10-,12-/m1/s1. The number of carboxylic acids is 1. The van der Waals surface area contributed by atoms with E-state index < -0.39 is 39.5 Å². The molecule has 0 aliphatic carbocycles. The molecule has 2 N–H and O–H groups in total. The van der Waals surface area contributed by atoms with E-state index in [2.05, 4.69) is 5.32 Å². The number of sulfone groups is 1. The lowest BCUT2D eigenvalue weighted by Gasteiger charge is -2.19. The molecule has 8 heteroatoms. The van der Waals surface area contributed by atoms with Gasteiger partial charge in [-0.05, 0) is 24.1 Å². The van der Waals surface area contributed by atoms with Gasteiger partial charge in [0.25, 0.3) is 0 Å². The average Bonchev–Trinajstić information content (AvgIpc) is 2.79. The predicted octanol–water partition coefficient (Wildman–Crippen LogP) is 0.892. The highest BCUT2D eigenvalue weighted by Crippen LogP contribution is 2.22. The molecule has 1 fully saturated rings. The van der Waals surface area contributed by atoms with Crippen molar-refractivity contribution in [3.63, 3.8) is 0 Å². The molecule has 1 aliphatic heterocycles. The molecule has 1 aromatic carbocycles. The van der Waals surface area contributed by atoms with Gasteiger partial charge in [-0.3, -0.25) is 9.59 Å². The van der Waals surface area contributed by atoms with E-state index in [0.717, 1.165) is 0 Å². The third-order valence-corrected chi connectivity index (χ3v) is 5.34. The Kier molecular flexibility index (Phi) is 4.80. The van der Waals surface area contributed by atoms with Crippen LogP contribution in [0, 0.1) is 11.7 Å². The largest absolute Gasteiger partial charge is 0.481 e. The van der Waals surface area contributed by atoms with Crippen LogP contribution in [0.4, 0.5) is 4.39 Å². The van der Waals surface area contributed by atoms with Gasteiger partial charge in [0.15, 0.2) is 9.84 Å². The molecular weight excluding hydrogens is 313 g/mol. The third-order valence-electron chi connectivity index (χ3n) is 3.57. The number of hydrogen-bond acceptors (Lipinski definition) is 4. The van der Waals surface area contributed by atoms with Crippen molar-refractivity contribution in [1.82, 2.24) is 5.32 Å². The van der Waals surface area contributed by atoms with Gasteiger partial charge in [-0.25, -0.2) is 12.8 Å². The Labute approximate surface area is 127 Å². The number of carboxylic acid groups (broad SMARTS) is 1. The lowest BCUT2D eigenvalue weighted by molar-refractivity contribution is -0.137. The van der Waals surface area contributed by atoms with E-state index in [0.29, 0.717) is 5.56 Å². The van der Waals surface area contributed by atoms with Crippen LogP contribution in [0.25, 0.3) is 0 Å². The molecular formula is C14H16FNO5S. The van der Waals surface area contributed by atoms with Gasteiger partial charge in [0.1, 0.15) is 5.82 Å². The van der Waals surface area contributed by atoms with E-state index in [9.17, 15) is 22.4 Å². The number of aliphatic carboxylic acids is 1. The highest BCUT2D eigenvalue weighted by atomic mass is 32.2. The molecule has 1 aliphatic rings. The van der Waals surface area contributed by atoms with Gasteiger partial charge in [0, 0.05) is 0 Å². The molecule has 6 nitrogen and oxygen atoms in total. The molecule has 0 radical (unpaired) electrons. The molecule has 120 valence electrons. The lowest BCUT2D eigenvalue weighted by Crippen LogP contribution is -2.35. The van der Waals surface area contributed by atoms with E-state index in [1.165, 1.54) is 24.3 Å². The molecule has 0 bridgehead atoms. The van der Waals surface area contributed by atoms with E-state index >= 15 is 0 Å². The summed E-state index contributed by atoms with van der Waals surface area (Å²) in [5.74, 6) is -2.99. The molecule has 1 heterocycles. The molecule has 1 saturated heterocycles. The van der Waals surface area contributed by atoms with Crippen molar-refractivity contribution in [3.8, 4) is 0 Å². The maximum absolute atomic E-state index is 12.9. The Hall–Kier alpha value is -1.96. The summed E-state index contributed by atoms with van der Waals surface area (Å²) in [7, 11) is -3.20. The number of nitrogens with one attached hydrogen (secondary N) is 1. The Morgan fingerprint density at radius 2 is 1.95 bits per heavy atom. The number of amides is 1. The Balaban J connectivity index is 2.11. The monoisotopic (exact) mass is 329 g/mol. The summed E-state index contributed by atoms with van der Waals surface area (Å²) in [5.41, 5.74) is 0.456. The van der Waals surface area contributed by atoms with Crippen molar-refractivity contribution in [2.75, 3.05) is 11.5 Å². The van der Waals surface area contributed by atoms with Crippen molar-refractivity contribution in [3.05, 3.63) is 35.6 Å². The SMILES string of the molecule is O=C(O)C[C@@H](NC(=O)[C@@H]1CCS(=O)(=O)C1)c1ccc(F)cc1. The zero-order chi connectivity index (χ0) is 16.3. The summed E-state index contributed by atoms with van der Waals surface area (Å²) in [6.07, 6.45) is -0.131. The minimum absolute atomic E-state index is 0.0365. The summed E-state index contributed by atoms with van der Waals surface area (Å²) >= 11 is 0. The van der Waals surface area contributed by atoms with E-state index in [1.807, 2.05) is 0 Å². The number of benzene rings is 1. The first-order valence-corrected chi connectivity index (χ1v) is 8.57. The zero-order valence-electron chi connectivity index (χ0n) is 11.7. The van der Waals surface area contributed by atoms with Crippen LogP contribution in [0.5, 0.6) is 0 Å². The molecule has 0 unspecified atom stereocenters. The first-order chi connectivity index (χ1) is 10.3. The van der Waals surface area contributed by atoms with Crippen LogP contribution in [0.3, 0.4) is 0 Å². The van der Waals surface area contributed by atoms with Crippen molar-refractivity contribution < 1.29 is 27.5 Å². The van der Waals surface area contributed by atoms with E-state index in [-0.39, 0.29) is 24.3 Å². The van der Waals surface area contributed by atoms with Gasteiger partial charge in [-0.15, -0.1) is 0 Å². The van der Waals surface area contributed by atoms with Crippen LogP contribution in [0.2, 0.25) is 0 Å². The van der Waals surface area contributed by atoms with Crippen LogP contribution in [-0.2, 0) is 19.4 Å². The van der Waals surface area contributed by atoms with Crippen LogP contribution in [0.1, 0.15) is 24.4 Å². The maximum Gasteiger partial charge on any atom is 0.305 e. The first-order valence-electron chi connectivity index (χ1n) is 6.75. The van der Waals surface area contributed by atoms with Crippen molar-refractivity contribution in [2.24, 2.45) is 5.92 Å². The van der Waals surface area contributed by atoms with E-state index in [4.69, 9.17) is 5.11 Å². The van der Waals surface area contributed by atoms with Crippen molar-refractivity contribution in [1.29, 1.82) is 0 Å². The Morgan fingerprint density at radius 1 is 1.32 bits per heavy atom. The fraction of sp³-hybridized carbons (Fsp3) is 0.429. The van der Waals surface area contributed by atoms with E-state index in [1.54, 1.807) is 0 Å². The molecule has 2 atom stereocenters. The summed E-state index contributed by atoms with van der Waals surface area (Å²) < 4.78 is 35.7. The second kappa shape index (κ2) is 6.43. The molecule has 22 heavy (non-hydrogen) atoms. The van der Waals surface area contributed by atoms with Crippen molar-refractivity contribution >= 4 is 21.7 Å². The fourth-order valence-electron chi connectivity index (χ4n) is 2.41. The lowest BCUT2D eigenvalue weighted by atomic mass is 10.0. The van der Waals surface area contributed by atoms with Gasteiger partial charge in [0.2, 0.25) is 5.91 Å². The fourth-order valence-corrected chi connectivity index (χ4v) is 4.15. The van der Waals surface area contributed by atoms with Crippen LogP contribution >= 0.6 is 0 Å². The minimum atomic E-state index is -3.20. The molecule has 1 amide bonds. The van der Waals surface area contributed by atoms with Gasteiger partial charge in [-0.1, -0.05) is 12.1 Å². The third kappa shape index (κ3) is 4.27. The van der Waals surface area contributed by atoms with Crippen LogP contribution in [-0.4, -0.2) is 36.9 Å². The predicted molar refractivity (Wildman–Crippen MR) is 76.3 cm³/mol. The quantitative estimate of drug-likeness (QED) is 0.835. The minimum Gasteiger partial charge on any atom is -0.481 e. The highest BCUT2D eigenvalue weighted by molar-refractivity contribution is 7.91. The summed E-state index contributed by atoms with van der Waals surface area (Å²) in [6.45, 7) is 0.